The van der Waals surface area contributed by atoms with E-state index in [1.807, 2.05) is 0 Å². The van der Waals surface area contributed by atoms with Gasteiger partial charge < -0.3 is 4.74 Å². The first-order chi connectivity index (χ1) is 8.61. The van der Waals surface area contributed by atoms with Crippen LogP contribution in [0.25, 0.3) is 0 Å². The maximum absolute atomic E-state index is 12.0. The molecule has 106 valence electrons. The third kappa shape index (κ3) is 3.93. The van der Waals surface area contributed by atoms with Crippen molar-refractivity contribution in [3.05, 3.63) is 0 Å². The molecule has 2 fully saturated rings. The second kappa shape index (κ2) is 6.35. The topological polar surface area (TPSA) is 55.4 Å². The molecule has 0 spiro atoms. The van der Waals surface area contributed by atoms with Gasteiger partial charge in [0.2, 0.25) is 10.0 Å². The molecule has 1 N–H and O–H groups in total. The zero-order valence-electron chi connectivity index (χ0n) is 11.2. The van der Waals surface area contributed by atoms with Gasteiger partial charge in [-0.15, -0.1) is 0 Å². The quantitative estimate of drug-likeness (QED) is 0.807. The molecule has 2 rings (SSSR count). The summed E-state index contributed by atoms with van der Waals surface area (Å²) in [5, 5.41) is 0. The molecule has 5 heteroatoms. The van der Waals surface area contributed by atoms with E-state index in [0.29, 0.717) is 12.3 Å². The first kappa shape index (κ1) is 14.3. The van der Waals surface area contributed by atoms with Crippen LogP contribution in [-0.4, -0.2) is 32.9 Å². The summed E-state index contributed by atoms with van der Waals surface area (Å²) in [7, 11) is -3.13. The lowest BCUT2D eigenvalue weighted by atomic mass is 10.0. The SMILES string of the molecule is CC[C@@H]1CCC[C@H]1NS(=O)(=O)CC[C@H]1CCCO1. The van der Waals surface area contributed by atoms with Gasteiger partial charge in [-0.1, -0.05) is 19.8 Å². The Morgan fingerprint density at radius 3 is 2.72 bits per heavy atom. The molecule has 1 aliphatic carbocycles. The van der Waals surface area contributed by atoms with Crippen LogP contribution in [0.5, 0.6) is 0 Å². The van der Waals surface area contributed by atoms with Crippen LogP contribution in [0, 0.1) is 5.92 Å². The van der Waals surface area contributed by atoms with Crippen molar-refractivity contribution in [2.24, 2.45) is 5.92 Å². The molecule has 18 heavy (non-hydrogen) atoms. The zero-order chi connectivity index (χ0) is 13.0. The van der Waals surface area contributed by atoms with Gasteiger partial charge >= 0.3 is 0 Å². The summed E-state index contributed by atoms with van der Waals surface area (Å²) in [4.78, 5) is 0. The highest BCUT2D eigenvalue weighted by molar-refractivity contribution is 7.89. The van der Waals surface area contributed by atoms with Crippen molar-refractivity contribution in [3.8, 4) is 0 Å². The Morgan fingerprint density at radius 2 is 2.06 bits per heavy atom. The van der Waals surface area contributed by atoms with Crippen molar-refractivity contribution in [1.82, 2.24) is 4.72 Å². The predicted octanol–water partition coefficient (Wildman–Crippen LogP) is 2.05. The lowest BCUT2D eigenvalue weighted by molar-refractivity contribution is 0.108. The van der Waals surface area contributed by atoms with Gasteiger partial charge in [-0.25, -0.2) is 13.1 Å². The number of rotatable bonds is 6. The minimum Gasteiger partial charge on any atom is -0.378 e. The monoisotopic (exact) mass is 275 g/mol. The summed E-state index contributed by atoms with van der Waals surface area (Å²) in [6, 6.07) is 0.171. The Kier molecular flexibility index (Phi) is 5.04. The van der Waals surface area contributed by atoms with Gasteiger partial charge in [0.05, 0.1) is 11.9 Å². The van der Waals surface area contributed by atoms with Crippen LogP contribution < -0.4 is 4.72 Å². The molecule has 1 saturated carbocycles. The Bertz CT molecular complexity index is 349. The normalized spacial score (nSPS) is 33.1. The fourth-order valence-corrected chi connectivity index (χ4v) is 4.59. The van der Waals surface area contributed by atoms with E-state index in [-0.39, 0.29) is 17.9 Å². The molecule has 4 nitrogen and oxygen atoms in total. The lowest BCUT2D eigenvalue weighted by Gasteiger charge is -2.20. The van der Waals surface area contributed by atoms with Crippen LogP contribution in [-0.2, 0) is 14.8 Å². The third-order valence-corrected chi connectivity index (χ3v) is 5.68. The number of sulfonamides is 1. The molecular weight excluding hydrogens is 250 g/mol. The van der Waals surface area contributed by atoms with Gasteiger partial charge in [-0.05, 0) is 38.0 Å². The van der Waals surface area contributed by atoms with Crippen molar-refractivity contribution in [3.63, 3.8) is 0 Å². The molecule has 0 aromatic heterocycles. The van der Waals surface area contributed by atoms with E-state index in [9.17, 15) is 8.42 Å². The molecule has 0 aromatic rings. The van der Waals surface area contributed by atoms with E-state index in [4.69, 9.17) is 4.74 Å². The second-order valence-electron chi connectivity index (χ2n) is 5.57. The summed E-state index contributed by atoms with van der Waals surface area (Å²) in [6.45, 7) is 2.93. The summed E-state index contributed by atoms with van der Waals surface area (Å²) in [5.41, 5.74) is 0. The van der Waals surface area contributed by atoms with Crippen molar-refractivity contribution >= 4 is 10.0 Å². The Hall–Kier alpha value is -0.130. The minimum absolute atomic E-state index is 0.159. The Labute approximate surface area is 111 Å². The van der Waals surface area contributed by atoms with E-state index in [2.05, 4.69) is 11.6 Å². The smallest absolute Gasteiger partial charge is 0.211 e. The molecule has 0 bridgehead atoms. The van der Waals surface area contributed by atoms with Gasteiger partial charge in [-0.2, -0.15) is 0 Å². The van der Waals surface area contributed by atoms with Crippen molar-refractivity contribution < 1.29 is 13.2 Å². The third-order valence-electron chi connectivity index (χ3n) is 4.25. The van der Waals surface area contributed by atoms with Gasteiger partial charge in [-0.3, -0.25) is 0 Å². The van der Waals surface area contributed by atoms with E-state index < -0.39 is 10.0 Å². The predicted molar refractivity (Wildman–Crippen MR) is 71.9 cm³/mol. The summed E-state index contributed by atoms with van der Waals surface area (Å²) >= 11 is 0. The lowest BCUT2D eigenvalue weighted by Crippen LogP contribution is -2.39. The average Bonchev–Trinajstić information content (AvgIpc) is 2.96. The Balaban J connectivity index is 1.79. The second-order valence-corrected chi connectivity index (χ2v) is 7.44. The summed E-state index contributed by atoms with van der Waals surface area (Å²) < 4.78 is 32.4. The van der Waals surface area contributed by atoms with Gasteiger partial charge in [0.1, 0.15) is 0 Å². The fourth-order valence-electron chi connectivity index (χ4n) is 3.13. The van der Waals surface area contributed by atoms with Gasteiger partial charge in [0.25, 0.3) is 0 Å². The molecule has 0 radical (unpaired) electrons. The highest BCUT2D eigenvalue weighted by Crippen LogP contribution is 2.28. The highest BCUT2D eigenvalue weighted by Gasteiger charge is 2.29. The van der Waals surface area contributed by atoms with Crippen LogP contribution in [0.4, 0.5) is 0 Å². The highest BCUT2D eigenvalue weighted by atomic mass is 32.2. The van der Waals surface area contributed by atoms with Crippen LogP contribution in [0.15, 0.2) is 0 Å². The first-order valence-electron chi connectivity index (χ1n) is 7.22. The molecule has 0 unspecified atom stereocenters. The maximum atomic E-state index is 12.0. The number of hydrogen-bond acceptors (Lipinski definition) is 3. The molecule has 0 aromatic carbocycles. The molecule has 1 aliphatic heterocycles. The van der Waals surface area contributed by atoms with Crippen LogP contribution >= 0.6 is 0 Å². The number of ether oxygens (including phenoxy) is 1. The zero-order valence-corrected chi connectivity index (χ0v) is 12.0. The molecule has 0 amide bonds. The van der Waals surface area contributed by atoms with Crippen LogP contribution in [0.2, 0.25) is 0 Å². The van der Waals surface area contributed by atoms with Gasteiger partial charge in [0.15, 0.2) is 0 Å². The van der Waals surface area contributed by atoms with Crippen molar-refractivity contribution in [2.75, 3.05) is 12.4 Å². The molecule has 2 aliphatic rings. The van der Waals surface area contributed by atoms with E-state index in [1.54, 1.807) is 0 Å². The van der Waals surface area contributed by atoms with Crippen molar-refractivity contribution in [2.45, 2.75) is 64.0 Å². The molecular formula is C13H25NO3S. The maximum Gasteiger partial charge on any atom is 0.211 e. The standard InChI is InChI=1S/C13H25NO3S/c1-2-11-5-3-7-13(11)14-18(15,16)10-8-12-6-4-9-17-12/h11-14H,2-10H2,1H3/t11-,12-,13-/m1/s1. The largest absolute Gasteiger partial charge is 0.378 e. The van der Waals surface area contributed by atoms with Gasteiger partial charge in [0, 0.05) is 12.6 Å². The Morgan fingerprint density at radius 1 is 1.22 bits per heavy atom. The van der Waals surface area contributed by atoms with Crippen molar-refractivity contribution in [1.29, 1.82) is 0 Å². The van der Waals surface area contributed by atoms with E-state index in [0.717, 1.165) is 45.1 Å². The van der Waals surface area contributed by atoms with Crippen LogP contribution in [0.3, 0.4) is 0 Å². The summed E-state index contributed by atoms with van der Waals surface area (Å²) in [6.07, 6.45) is 7.25. The number of hydrogen-bond donors (Lipinski definition) is 1. The van der Waals surface area contributed by atoms with Crippen LogP contribution in [0.1, 0.15) is 51.9 Å². The van der Waals surface area contributed by atoms with E-state index >= 15 is 0 Å². The number of nitrogens with one attached hydrogen (secondary N) is 1. The molecule has 3 atom stereocenters. The minimum atomic E-state index is -3.13. The fraction of sp³-hybridized carbons (Fsp3) is 1.00. The molecule has 1 heterocycles. The van der Waals surface area contributed by atoms with E-state index in [1.165, 1.54) is 0 Å². The molecule has 1 saturated heterocycles. The average molecular weight is 275 g/mol. The summed E-state index contributed by atoms with van der Waals surface area (Å²) in [5.74, 6) is 0.743. The first-order valence-corrected chi connectivity index (χ1v) is 8.87.